The lowest BCUT2D eigenvalue weighted by Gasteiger charge is -1.94. The molecule has 0 aliphatic heterocycles. The molecule has 0 unspecified atom stereocenters. The molecule has 0 aliphatic carbocycles. The van der Waals surface area contributed by atoms with Gasteiger partial charge in [0.1, 0.15) is 5.15 Å². The van der Waals surface area contributed by atoms with Crippen LogP contribution in [0.2, 0.25) is 5.15 Å². The molecule has 13 heavy (non-hydrogen) atoms. The van der Waals surface area contributed by atoms with Gasteiger partial charge in [0, 0.05) is 6.20 Å². The Bertz CT molecular complexity index is 475. The quantitative estimate of drug-likeness (QED) is 0.759. The second kappa shape index (κ2) is 2.78. The van der Waals surface area contributed by atoms with Crippen LogP contribution in [0.4, 0.5) is 0 Å². The molecule has 0 amide bonds. The van der Waals surface area contributed by atoms with Crippen molar-refractivity contribution in [2.45, 2.75) is 0 Å². The van der Waals surface area contributed by atoms with Crippen LogP contribution < -0.4 is 0 Å². The lowest BCUT2D eigenvalue weighted by molar-refractivity contribution is 0.0699. The van der Waals surface area contributed by atoms with Gasteiger partial charge in [-0.25, -0.2) is 4.79 Å². The lowest BCUT2D eigenvalue weighted by atomic mass is 10.2. The van der Waals surface area contributed by atoms with Gasteiger partial charge in [-0.15, -0.1) is 0 Å². The highest BCUT2D eigenvalue weighted by Crippen LogP contribution is 2.20. The van der Waals surface area contributed by atoms with Gasteiger partial charge in [0.15, 0.2) is 0 Å². The molecular formula is C9H6ClNO2. The monoisotopic (exact) mass is 195 g/mol. The van der Waals surface area contributed by atoms with Crippen LogP contribution >= 0.6 is 11.6 Å². The maximum Gasteiger partial charge on any atom is 0.337 e. The number of fused-ring (bicyclic) bond motifs is 1. The van der Waals surface area contributed by atoms with E-state index in [1.165, 1.54) is 6.07 Å². The molecular weight excluding hydrogens is 190 g/mol. The minimum absolute atomic E-state index is 0.227. The van der Waals surface area contributed by atoms with E-state index in [0.29, 0.717) is 10.7 Å². The highest BCUT2D eigenvalue weighted by molar-refractivity contribution is 6.30. The number of hydrogen-bond acceptors (Lipinski definition) is 1. The lowest BCUT2D eigenvalue weighted by Crippen LogP contribution is -1.94. The van der Waals surface area contributed by atoms with E-state index in [4.69, 9.17) is 16.7 Å². The molecule has 0 spiro atoms. The summed E-state index contributed by atoms with van der Waals surface area (Å²) in [5, 5.41) is 9.23. The Morgan fingerprint density at radius 1 is 1.46 bits per heavy atom. The maximum absolute atomic E-state index is 10.8. The first kappa shape index (κ1) is 8.13. The number of rotatable bonds is 1. The van der Waals surface area contributed by atoms with E-state index in [0.717, 1.165) is 0 Å². The summed E-state index contributed by atoms with van der Waals surface area (Å²) in [6.07, 6.45) is 1.73. The van der Waals surface area contributed by atoms with Crippen LogP contribution in [0.25, 0.3) is 5.52 Å². The number of aromatic nitrogens is 1. The number of carboxylic acid groups (broad SMARTS) is 1. The van der Waals surface area contributed by atoms with Crippen molar-refractivity contribution in [3.63, 3.8) is 0 Å². The van der Waals surface area contributed by atoms with E-state index in [9.17, 15) is 4.79 Å². The Kier molecular flexibility index (Phi) is 1.74. The van der Waals surface area contributed by atoms with Crippen molar-refractivity contribution in [3.05, 3.63) is 41.2 Å². The van der Waals surface area contributed by atoms with Gasteiger partial charge in [0.2, 0.25) is 0 Å². The van der Waals surface area contributed by atoms with Gasteiger partial charge in [-0.05, 0) is 18.2 Å². The normalized spacial score (nSPS) is 10.5. The minimum Gasteiger partial charge on any atom is -0.478 e. The maximum atomic E-state index is 10.8. The third-order valence-corrected chi connectivity index (χ3v) is 2.15. The third-order valence-electron chi connectivity index (χ3n) is 1.86. The number of carboxylic acids is 1. The Morgan fingerprint density at radius 2 is 2.23 bits per heavy atom. The Morgan fingerprint density at radius 3 is 2.92 bits per heavy atom. The van der Waals surface area contributed by atoms with Crippen LogP contribution in [0, 0.1) is 0 Å². The largest absolute Gasteiger partial charge is 0.478 e. The van der Waals surface area contributed by atoms with Gasteiger partial charge in [-0.2, -0.15) is 0 Å². The van der Waals surface area contributed by atoms with E-state index in [-0.39, 0.29) is 5.56 Å². The predicted octanol–water partition coefficient (Wildman–Crippen LogP) is 2.29. The summed E-state index contributed by atoms with van der Waals surface area (Å²) in [5.74, 6) is -0.962. The summed E-state index contributed by atoms with van der Waals surface area (Å²) in [6, 6.07) is 6.73. The van der Waals surface area contributed by atoms with Gasteiger partial charge in [0.25, 0.3) is 0 Å². The van der Waals surface area contributed by atoms with Crippen LogP contribution in [0.1, 0.15) is 10.4 Å². The zero-order chi connectivity index (χ0) is 9.42. The fraction of sp³-hybridized carbons (Fsp3) is 0. The van der Waals surface area contributed by atoms with E-state index < -0.39 is 5.97 Å². The molecule has 2 aromatic rings. The zero-order valence-corrected chi connectivity index (χ0v) is 7.32. The van der Waals surface area contributed by atoms with E-state index in [2.05, 4.69) is 0 Å². The van der Waals surface area contributed by atoms with Gasteiger partial charge >= 0.3 is 5.97 Å². The molecule has 0 saturated heterocycles. The van der Waals surface area contributed by atoms with Gasteiger partial charge in [-0.1, -0.05) is 17.7 Å². The molecule has 2 aromatic heterocycles. The average molecular weight is 196 g/mol. The van der Waals surface area contributed by atoms with E-state index >= 15 is 0 Å². The van der Waals surface area contributed by atoms with E-state index in [1.54, 1.807) is 28.8 Å². The zero-order valence-electron chi connectivity index (χ0n) is 6.57. The Balaban J connectivity index is 2.85. The average Bonchev–Trinajstić information content (AvgIpc) is 2.45. The number of carbonyl (C=O) groups is 1. The Hall–Kier alpha value is -1.48. The van der Waals surface area contributed by atoms with Crippen LogP contribution in [-0.4, -0.2) is 15.5 Å². The van der Waals surface area contributed by atoms with Crippen molar-refractivity contribution in [2.24, 2.45) is 0 Å². The fourth-order valence-electron chi connectivity index (χ4n) is 1.28. The predicted molar refractivity (Wildman–Crippen MR) is 49.4 cm³/mol. The summed E-state index contributed by atoms with van der Waals surface area (Å²) in [5.41, 5.74) is 0.839. The summed E-state index contributed by atoms with van der Waals surface area (Å²) >= 11 is 5.82. The molecule has 1 N–H and O–H groups in total. The third kappa shape index (κ3) is 1.17. The van der Waals surface area contributed by atoms with Crippen molar-refractivity contribution < 1.29 is 9.90 Å². The van der Waals surface area contributed by atoms with Crippen LogP contribution in [0.15, 0.2) is 30.5 Å². The molecule has 4 heteroatoms. The first-order chi connectivity index (χ1) is 6.20. The highest BCUT2D eigenvalue weighted by atomic mass is 35.5. The van der Waals surface area contributed by atoms with Crippen molar-refractivity contribution in [1.29, 1.82) is 0 Å². The second-order valence-corrected chi connectivity index (χ2v) is 3.03. The topological polar surface area (TPSA) is 41.7 Å². The second-order valence-electron chi connectivity index (χ2n) is 2.64. The number of nitrogens with zero attached hydrogens (tertiary/aromatic N) is 1. The standard InChI is InChI=1S/C9H6ClNO2/c10-8-5-6(9(12)13)7-3-1-2-4-11(7)8/h1-5H,(H,12,13). The number of hydrogen-bond donors (Lipinski definition) is 1. The summed E-state index contributed by atoms with van der Waals surface area (Å²) in [4.78, 5) is 10.8. The number of halogens is 1. The SMILES string of the molecule is O=C(O)c1cc(Cl)n2ccccc12. The molecule has 3 nitrogen and oxygen atoms in total. The Labute approximate surface area is 79.2 Å². The highest BCUT2D eigenvalue weighted by Gasteiger charge is 2.11. The van der Waals surface area contributed by atoms with Crippen molar-refractivity contribution in [1.82, 2.24) is 4.40 Å². The smallest absolute Gasteiger partial charge is 0.337 e. The molecule has 0 aromatic carbocycles. The van der Waals surface area contributed by atoms with Gasteiger partial charge < -0.3 is 9.51 Å². The molecule has 66 valence electrons. The van der Waals surface area contributed by atoms with E-state index in [1.807, 2.05) is 0 Å². The molecule has 0 saturated carbocycles. The summed E-state index contributed by atoms with van der Waals surface area (Å²) in [7, 11) is 0. The summed E-state index contributed by atoms with van der Waals surface area (Å²) in [6.45, 7) is 0. The van der Waals surface area contributed by atoms with Crippen LogP contribution in [0.3, 0.4) is 0 Å². The van der Waals surface area contributed by atoms with Crippen LogP contribution in [-0.2, 0) is 0 Å². The molecule has 0 atom stereocenters. The molecule has 0 fully saturated rings. The molecule has 0 radical (unpaired) electrons. The van der Waals surface area contributed by atoms with Gasteiger partial charge in [0.05, 0.1) is 11.1 Å². The first-order valence-corrected chi connectivity index (χ1v) is 4.07. The molecule has 2 rings (SSSR count). The van der Waals surface area contributed by atoms with Gasteiger partial charge in [-0.3, -0.25) is 0 Å². The number of pyridine rings is 1. The fourth-order valence-corrected chi connectivity index (χ4v) is 1.54. The molecule has 0 bridgehead atoms. The van der Waals surface area contributed by atoms with Crippen molar-refractivity contribution >= 4 is 23.1 Å². The first-order valence-electron chi connectivity index (χ1n) is 3.69. The van der Waals surface area contributed by atoms with Crippen molar-refractivity contribution in [3.8, 4) is 0 Å². The molecule has 0 aliphatic rings. The van der Waals surface area contributed by atoms with Crippen molar-refractivity contribution in [2.75, 3.05) is 0 Å². The van der Waals surface area contributed by atoms with Crippen LogP contribution in [0.5, 0.6) is 0 Å². The summed E-state index contributed by atoms with van der Waals surface area (Å²) < 4.78 is 1.63. The number of aromatic carboxylic acids is 1. The molecule has 2 heterocycles. The minimum atomic E-state index is -0.962.